The molecule has 6 nitrogen and oxygen atoms in total. The molecule has 0 aromatic heterocycles. The number of carbonyl (C=O) groups excluding carboxylic acids is 2. The summed E-state index contributed by atoms with van der Waals surface area (Å²) in [5.74, 6) is -2.13. The number of amides is 2. The number of nitrogens with zero attached hydrogens (tertiary/aromatic N) is 3. The smallest absolute Gasteiger partial charge is 0.259 e. The summed E-state index contributed by atoms with van der Waals surface area (Å²) in [5.41, 5.74) is -0.491. The normalized spacial score (nSPS) is 18.8. The lowest BCUT2D eigenvalue weighted by molar-refractivity contribution is -0.132. The van der Waals surface area contributed by atoms with Gasteiger partial charge in [0, 0.05) is 65.3 Å². The van der Waals surface area contributed by atoms with E-state index in [2.05, 4.69) is 10.2 Å². The van der Waals surface area contributed by atoms with Gasteiger partial charge in [-0.25, -0.2) is 8.78 Å². The van der Waals surface area contributed by atoms with Crippen molar-refractivity contribution in [2.24, 2.45) is 0 Å². The van der Waals surface area contributed by atoms with Crippen LogP contribution in [0, 0.1) is 11.6 Å². The van der Waals surface area contributed by atoms with Gasteiger partial charge in [0.05, 0.1) is 0 Å². The van der Waals surface area contributed by atoms with Crippen LogP contribution in [-0.2, 0) is 4.79 Å². The predicted molar refractivity (Wildman–Crippen MR) is 92.8 cm³/mol. The number of halogens is 2. The fraction of sp³-hybridized carbons (Fsp3) is 0.556. The van der Waals surface area contributed by atoms with Crippen LogP contribution >= 0.6 is 0 Å². The maximum absolute atomic E-state index is 13.8. The van der Waals surface area contributed by atoms with E-state index in [1.165, 1.54) is 11.0 Å². The highest BCUT2D eigenvalue weighted by Crippen LogP contribution is 2.16. The van der Waals surface area contributed by atoms with Crippen molar-refractivity contribution >= 4 is 11.8 Å². The van der Waals surface area contributed by atoms with Gasteiger partial charge < -0.3 is 15.1 Å². The number of carbonyl (C=O) groups is 2. The van der Waals surface area contributed by atoms with E-state index in [0.29, 0.717) is 39.1 Å². The Balaban J connectivity index is 1.47. The monoisotopic (exact) mass is 366 g/mol. The van der Waals surface area contributed by atoms with Gasteiger partial charge in [0.25, 0.3) is 5.91 Å². The predicted octanol–water partition coefficient (Wildman–Crippen LogP) is 0.545. The first kappa shape index (κ1) is 18.7. The largest absolute Gasteiger partial charge is 0.340 e. The van der Waals surface area contributed by atoms with Crippen LogP contribution in [0.25, 0.3) is 0 Å². The molecule has 3 rings (SSSR count). The highest BCUT2D eigenvalue weighted by molar-refractivity contribution is 5.94. The molecule has 0 unspecified atom stereocenters. The van der Waals surface area contributed by atoms with Crippen LogP contribution in [0.1, 0.15) is 16.8 Å². The van der Waals surface area contributed by atoms with Crippen molar-refractivity contribution in [2.45, 2.75) is 6.42 Å². The molecule has 2 aliphatic heterocycles. The van der Waals surface area contributed by atoms with Crippen LogP contribution in [0.15, 0.2) is 18.2 Å². The minimum Gasteiger partial charge on any atom is -0.340 e. The molecule has 142 valence electrons. The summed E-state index contributed by atoms with van der Waals surface area (Å²) >= 11 is 0. The highest BCUT2D eigenvalue weighted by atomic mass is 19.1. The van der Waals surface area contributed by atoms with Gasteiger partial charge in [-0.3, -0.25) is 14.5 Å². The molecule has 1 aromatic carbocycles. The molecule has 1 N–H and O–H groups in total. The summed E-state index contributed by atoms with van der Waals surface area (Å²) < 4.78 is 27.5. The average molecular weight is 366 g/mol. The maximum atomic E-state index is 13.8. The topological polar surface area (TPSA) is 55.9 Å². The molecule has 0 spiro atoms. The SMILES string of the molecule is O=C(CCN1CCN(C(=O)c2c(F)cccc2F)CC1)N1CCNCC1. The van der Waals surface area contributed by atoms with Crippen molar-refractivity contribution < 1.29 is 18.4 Å². The Bertz CT molecular complexity index is 636. The summed E-state index contributed by atoms with van der Waals surface area (Å²) in [6.45, 7) is 5.78. The van der Waals surface area contributed by atoms with E-state index in [9.17, 15) is 18.4 Å². The molecule has 8 heteroatoms. The fourth-order valence-corrected chi connectivity index (χ4v) is 3.36. The van der Waals surface area contributed by atoms with Crippen LogP contribution in [0.5, 0.6) is 0 Å². The summed E-state index contributed by atoms with van der Waals surface area (Å²) in [7, 11) is 0. The summed E-state index contributed by atoms with van der Waals surface area (Å²) in [6, 6.07) is 3.43. The highest BCUT2D eigenvalue weighted by Gasteiger charge is 2.27. The van der Waals surface area contributed by atoms with E-state index < -0.39 is 23.1 Å². The summed E-state index contributed by atoms with van der Waals surface area (Å²) in [5, 5.41) is 3.22. The molecule has 2 amide bonds. The van der Waals surface area contributed by atoms with E-state index in [0.717, 1.165) is 38.3 Å². The molecule has 1 aromatic rings. The first-order valence-corrected chi connectivity index (χ1v) is 9.00. The molecule has 2 fully saturated rings. The van der Waals surface area contributed by atoms with Crippen LogP contribution in [0.3, 0.4) is 0 Å². The minimum absolute atomic E-state index is 0.151. The van der Waals surface area contributed by atoms with Crippen LogP contribution < -0.4 is 5.32 Å². The summed E-state index contributed by atoms with van der Waals surface area (Å²) in [4.78, 5) is 30.0. The van der Waals surface area contributed by atoms with Gasteiger partial charge in [0.2, 0.25) is 5.91 Å². The van der Waals surface area contributed by atoms with Crippen LogP contribution in [0.4, 0.5) is 8.78 Å². The molecular formula is C18H24F2N4O2. The van der Waals surface area contributed by atoms with Crippen molar-refractivity contribution in [3.8, 4) is 0 Å². The van der Waals surface area contributed by atoms with Gasteiger partial charge >= 0.3 is 0 Å². The lowest BCUT2D eigenvalue weighted by Gasteiger charge is -2.35. The van der Waals surface area contributed by atoms with Gasteiger partial charge in [-0.15, -0.1) is 0 Å². The van der Waals surface area contributed by atoms with Crippen molar-refractivity contribution in [2.75, 3.05) is 58.9 Å². The number of rotatable bonds is 4. The Hall–Kier alpha value is -2.06. The lowest BCUT2D eigenvalue weighted by atomic mass is 10.1. The molecule has 2 aliphatic rings. The Morgan fingerprint density at radius 3 is 2.15 bits per heavy atom. The molecule has 0 atom stereocenters. The second-order valence-corrected chi connectivity index (χ2v) is 6.61. The summed E-state index contributed by atoms with van der Waals surface area (Å²) in [6.07, 6.45) is 0.454. The van der Waals surface area contributed by atoms with Crippen LogP contribution in [0.2, 0.25) is 0 Å². The van der Waals surface area contributed by atoms with Gasteiger partial charge in [0.15, 0.2) is 0 Å². The minimum atomic E-state index is -0.834. The number of hydrogen-bond donors (Lipinski definition) is 1. The zero-order valence-corrected chi connectivity index (χ0v) is 14.7. The molecule has 2 saturated heterocycles. The Morgan fingerprint density at radius 2 is 1.54 bits per heavy atom. The first-order valence-electron chi connectivity index (χ1n) is 9.00. The fourth-order valence-electron chi connectivity index (χ4n) is 3.36. The molecule has 0 aliphatic carbocycles. The lowest BCUT2D eigenvalue weighted by Crippen LogP contribution is -2.50. The van der Waals surface area contributed by atoms with E-state index >= 15 is 0 Å². The third-order valence-electron chi connectivity index (χ3n) is 4.95. The second kappa shape index (κ2) is 8.55. The van der Waals surface area contributed by atoms with Crippen LogP contribution in [-0.4, -0.2) is 85.4 Å². The first-order chi connectivity index (χ1) is 12.6. The van der Waals surface area contributed by atoms with Crippen molar-refractivity contribution in [1.29, 1.82) is 0 Å². The molecule has 26 heavy (non-hydrogen) atoms. The van der Waals surface area contributed by atoms with E-state index in [1.54, 1.807) is 0 Å². The molecule has 0 radical (unpaired) electrons. The Kier molecular flexibility index (Phi) is 6.16. The third-order valence-corrected chi connectivity index (χ3v) is 4.95. The zero-order valence-electron chi connectivity index (χ0n) is 14.7. The molecule has 0 saturated carbocycles. The number of hydrogen-bond acceptors (Lipinski definition) is 4. The van der Waals surface area contributed by atoms with Gasteiger partial charge in [0.1, 0.15) is 17.2 Å². The van der Waals surface area contributed by atoms with Crippen molar-refractivity contribution in [3.63, 3.8) is 0 Å². The van der Waals surface area contributed by atoms with Crippen molar-refractivity contribution in [1.82, 2.24) is 20.0 Å². The van der Waals surface area contributed by atoms with E-state index in [1.807, 2.05) is 4.90 Å². The van der Waals surface area contributed by atoms with Gasteiger partial charge in [-0.05, 0) is 12.1 Å². The Labute approximate surface area is 151 Å². The number of piperazine rings is 2. The van der Waals surface area contributed by atoms with E-state index in [-0.39, 0.29) is 5.91 Å². The quantitative estimate of drug-likeness (QED) is 0.845. The third kappa shape index (κ3) is 4.37. The molecule has 0 bridgehead atoms. The zero-order chi connectivity index (χ0) is 18.5. The van der Waals surface area contributed by atoms with Crippen molar-refractivity contribution in [3.05, 3.63) is 35.4 Å². The molecular weight excluding hydrogens is 342 g/mol. The maximum Gasteiger partial charge on any atom is 0.259 e. The van der Waals surface area contributed by atoms with Gasteiger partial charge in [-0.1, -0.05) is 6.07 Å². The average Bonchev–Trinajstić information content (AvgIpc) is 2.67. The second-order valence-electron chi connectivity index (χ2n) is 6.61. The van der Waals surface area contributed by atoms with Gasteiger partial charge in [-0.2, -0.15) is 0 Å². The Morgan fingerprint density at radius 1 is 0.923 bits per heavy atom. The number of benzene rings is 1. The number of nitrogens with one attached hydrogen (secondary N) is 1. The molecule has 2 heterocycles. The van der Waals surface area contributed by atoms with E-state index in [4.69, 9.17) is 0 Å². The standard InChI is InChI=1S/C18H24F2N4O2/c19-14-2-1-3-15(20)17(14)18(26)24-12-10-22(11-13-24)7-4-16(25)23-8-5-21-6-9-23/h1-3,21H,4-13H2.